The van der Waals surface area contributed by atoms with Gasteiger partial charge < -0.3 is 12.3 Å². The van der Waals surface area contributed by atoms with Gasteiger partial charge in [-0.25, -0.2) is 6.54 Å². The van der Waals surface area contributed by atoms with Crippen molar-refractivity contribution in [2.45, 2.75) is 97.6 Å². The van der Waals surface area contributed by atoms with Crippen LogP contribution in [0.4, 0.5) is 5.69 Å². The van der Waals surface area contributed by atoms with Crippen LogP contribution in [0.5, 0.6) is 5.75 Å². The van der Waals surface area contributed by atoms with E-state index >= 15 is 0 Å². The minimum Gasteiger partial charge on any atom is -0.517 e. The molecule has 0 radical (unpaired) electrons. The SMILES string of the molecule is CC(C)Oc1ccccc1[CH]=[Ru][Cl].CCCc1cccc(CCC)c1N1[CH-]C(C)(c2ccccc2)CC1(C)C.[CH3-]. The Morgan fingerprint density at radius 3 is 2.02 bits per heavy atom. The zero-order valence-corrected chi connectivity index (χ0v) is 28.3. The van der Waals surface area contributed by atoms with Gasteiger partial charge in [0.05, 0.1) is 0 Å². The van der Waals surface area contributed by atoms with E-state index in [0.29, 0.717) is 0 Å². The Balaban J connectivity index is 0.000000339. The summed E-state index contributed by atoms with van der Waals surface area (Å²) in [7, 11) is 5.72. The Morgan fingerprint density at radius 2 is 1.48 bits per heavy atom. The van der Waals surface area contributed by atoms with Crippen molar-refractivity contribution in [3.63, 3.8) is 0 Å². The van der Waals surface area contributed by atoms with Crippen LogP contribution in [-0.2, 0) is 33.9 Å². The Bertz CT molecular complexity index is 1180. The van der Waals surface area contributed by atoms with Crippen molar-refractivity contribution in [2.75, 3.05) is 4.90 Å². The topological polar surface area (TPSA) is 12.5 Å². The number of aryl methyl sites for hydroxylation is 2. The largest absolute Gasteiger partial charge is 0.517 e. The third-order valence-electron chi connectivity index (χ3n) is 7.21. The second kappa shape index (κ2) is 15.9. The average molecular weight is 648 g/mol. The van der Waals surface area contributed by atoms with E-state index in [9.17, 15) is 0 Å². The van der Waals surface area contributed by atoms with E-state index in [-0.39, 0.29) is 40.2 Å². The molecule has 0 spiro atoms. The molecule has 0 N–H and O–H groups in total. The summed E-state index contributed by atoms with van der Waals surface area (Å²) in [6.45, 7) is 18.3. The number of rotatable bonds is 9. The molecule has 3 aromatic rings. The summed E-state index contributed by atoms with van der Waals surface area (Å²) in [5, 5.41) is 0. The summed E-state index contributed by atoms with van der Waals surface area (Å²) in [6, 6.07) is 25.9. The minimum absolute atomic E-state index is 0. The fourth-order valence-corrected chi connectivity index (χ4v) is 6.83. The van der Waals surface area contributed by atoms with Crippen LogP contribution in [0.1, 0.15) is 90.0 Å². The smallest absolute Gasteiger partial charge is 0.0140 e. The van der Waals surface area contributed by atoms with Crippen molar-refractivity contribution >= 4 is 20.0 Å². The Hall–Kier alpha value is -1.96. The van der Waals surface area contributed by atoms with Crippen molar-refractivity contribution in [3.05, 3.63) is 109 Å². The molecule has 40 heavy (non-hydrogen) atoms. The van der Waals surface area contributed by atoms with Gasteiger partial charge in [-0.05, 0) is 44.2 Å². The van der Waals surface area contributed by atoms with Crippen LogP contribution in [0, 0.1) is 14.0 Å². The van der Waals surface area contributed by atoms with Crippen molar-refractivity contribution in [1.29, 1.82) is 0 Å². The molecule has 4 rings (SSSR count). The molecule has 0 bridgehead atoms. The van der Waals surface area contributed by atoms with Gasteiger partial charge in [0.25, 0.3) is 0 Å². The van der Waals surface area contributed by atoms with Crippen LogP contribution in [0.3, 0.4) is 0 Å². The summed E-state index contributed by atoms with van der Waals surface area (Å²) in [6.07, 6.45) is 6.01. The Kier molecular flexibility index (Phi) is 13.6. The first-order valence-corrected chi connectivity index (χ1v) is 17.5. The van der Waals surface area contributed by atoms with Gasteiger partial charge in [0.2, 0.25) is 0 Å². The maximum atomic E-state index is 5.72. The third-order valence-corrected chi connectivity index (χ3v) is 8.40. The van der Waals surface area contributed by atoms with Gasteiger partial charge >= 0.3 is 90.3 Å². The normalized spacial score (nSPS) is 18.1. The molecule has 3 aromatic carbocycles. The molecule has 1 aliphatic heterocycles. The van der Waals surface area contributed by atoms with Crippen molar-refractivity contribution < 1.29 is 20.4 Å². The first kappa shape index (κ1) is 34.2. The van der Waals surface area contributed by atoms with Gasteiger partial charge in [-0.1, -0.05) is 87.7 Å². The molecular weight excluding hydrogens is 599 g/mol. The summed E-state index contributed by atoms with van der Waals surface area (Å²) in [5.74, 6) is 0.924. The maximum Gasteiger partial charge on any atom is 0.0140 e. The second-order valence-electron chi connectivity index (χ2n) is 11.6. The molecule has 0 aliphatic carbocycles. The molecule has 1 heterocycles. The fraction of sp³-hybridized carbons (Fsp3) is 0.417. The Labute approximate surface area is 256 Å². The van der Waals surface area contributed by atoms with Crippen molar-refractivity contribution in [2.24, 2.45) is 0 Å². The number of para-hydroxylation sites is 2. The zero-order valence-electron chi connectivity index (χ0n) is 25.8. The van der Waals surface area contributed by atoms with E-state index in [4.69, 9.17) is 14.4 Å². The minimum atomic E-state index is -0.191. The quantitative estimate of drug-likeness (QED) is 0.169. The molecular formula is C36H49ClNORu-2. The van der Waals surface area contributed by atoms with E-state index in [0.717, 1.165) is 30.6 Å². The number of hydrogen-bond acceptors (Lipinski definition) is 2. The average Bonchev–Trinajstić information content (AvgIpc) is 3.16. The van der Waals surface area contributed by atoms with Crippen LogP contribution >= 0.6 is 9.69 Å². The standard InChI is InChI=1S/C25H34N.C10H12O.CH3.ClH.Ru/c1-6-12-20-14-11-15-21(13-7-2)23(20)26-19-25(5,18-24(26,3)4)22-16-9-8-10-17-22;1-8(2)11-10-7-5-4-6-9(10)3;;;/h8-11,14-17,19H,6-7,12-13,18H2,1-5H3;3-8H,1-2H3;1H3;1H;/q-1;;-1;;+1/p-1. The number of benzene rings is 3. The predicted molar refractivity (Wildman–Crippen MR) is 173 cm³/mol. The molecule has 2 nitrogen and oxygen atoms in total. The van der Waals surface area contributed by atoms with Gasteiger partial charge in [0.1, 0.15) is 0 Å². The fourth-order valence-electron chi connectivity index (χ4n) is 5.72. The molecule has 1 fully saturated rings. The summed E-state index contributed by atoms with van der Waals surface area (Å²) in [4.78, 5) is 2.61. The zero-order chi connectivity index (χ0) is 28.5. The molecule has 221 valence electrons. The van der Waals surface area contributed by atoms with E-state index in [1.807, 2.05) is 42.7 Å². The van der Waals surface area contributed by atoms with Gasteiger partial charge in [-0.15, -0.1) is 5.41 Å². The first-order chi connectivity index (χ1) is 18.6. The molecule has 0 amide bonds. The molecule has 0 aromatic heterocycles. The predicted octanol–water partition coefficient (Wildman–Crippen LogP) is 10.0. The van der Waals surface area contributed by atoms with Crippen LogP contribution in [0.2, 0.25) is 0 Å². The van der Waals surface area contributed by atoms with E-state index in [2.05, 4.69) is 94.6 Å². The first-order valence-electron chi connectivity index (χ1n) is 14.3. The van der Waals surface area contributed by atoms with Crippen molar-refractivity contribution in [1.82, 2.24) is 0 Å². The second-order valence-corrected chi connectivity index (χ2v) is 13.4. The maximum absolute atomic E-state index is 5.72. The molecule has 1 atom stereocenters. The van der Waals surface area contributed by atoms with Crippen LogP contribution < -0.4 is 9.64 Å². The van der Waals surface area contributed by atoms with Crippen molar-refractivity contribution in [3.8, 4) is 5.75 Å². The number of halogens is 1. The molecule has 1 saturated heterocycles. The summed E-state index contributed by atoms with van der Waals surface area (Å²) in [5.41, 5.74) is 7.18. The molecule has 0 saturated carbocycles. The number of ether oxygens (including phenoxy) is 1. The van der Waals surface area contributed by atoms with E-state index in [1.165, 1.54) is 35.2 Å². The molecule has 1 aliphatic rings. The van der Waals surface area contributed by atoms with E-state index in [1.54, 1.807) is 0 Å². The van der Waals surface area contributed by atoms with Gasteiger partial charge in [0.15, 0.2) is 0 Å². The van der Waals surface area contributed by atoms with Crippen LogP contribution in [-0.4, -0.2) is 16.3 Å². The van der Waals surface area contributed by atoms with E-state index < -0.39 is 0 Å². The summed E-state index contributed by atoms with van der Waals surface area (Å²) < 4.78 is 7.66. The number of nitrogens with zero attached hydrogens (tertiary/aromatic N) is 1. The van der Waals surface area contributed by atoms with Gasteiger partial charge in [0, 0.05) is 11.2 Å². The molecule has 4 heteroatoms. The number of anilines is 1. The van der Waals surface area contributed by atoms with Crippen LogP contribution in [0.25, 0.3) is 0 Å². The summed E-state index contributed by atoms with van der Waals surface area (Å²) >= 11 is -0.191. The van der Waals surface area contributed by atoms with Gasteiger partial charge in [-0.3, -0.25) is 0 Å². The third kappa shape index (κ3) is 8.77. The Morgan fingerprint density at radius 1 is 0.900 bits per heavy atom. The molecule has 1 unspecified atom stereocenters. The number of hydrogen-bond donors (Lipinski definition) is 0. The monoisotopic (exact) mass is 648 g/mol. The van der Waals surface area contributed by atoms with Gasteiger partial charge in [-0.2, -0.15) is 0 Å². The van der Waals surface area contributed by atoms with Crippen LogP contribution in [0.15, 0.2) is 72.8 Å².